The van der Waals surface area contributed by atoms with Crippen molar-refractivity contribution in [2.75, 3.05) is 30.3 Å². The van der Waals surface area contributed by atoms with E-state index in [1.165, 1.54) is 4.31 Å². The topological polar surface area (TPSA) is 75.7 Å². The normalized spacial score (nSPS) is 10.9. The summed E-state index contributed by atoms with van der Waals surface area (Å²) < 4.78 is 29.6. The Kier molecular flexibility index (Phi) is 5.82. The van der Waals surface area contributed by atoms with E-state index in [0.29, 0.717) is 5.69 Å². The number of alkyl carbamates (subject to hydrolysis) is 1. The van der Waals surface area contributed by atoms with Crippen LogP contribution in [0.4, 0.5) is 10.5 Å². The Balaban J connectivity index is 2.75. The third kappa shape index (κ3) is 5.08. The number of carbonyl (C=O) groups is 1. The number of ether oxygens (including phenoxy) is 1. The van der Waals surface area contributed by atoms with Crippen molar-refractivity contribution in [1.82, 2.24) is 5.32 Å². The van der Waals surface area contributed by atoms with Crippen LogP contribution in [0.2, 0.25) is 0 Å². The lowest BCUT2D eigenvalue weighted by Gasteiger charge is -2.22. The molecule has 0 aromatic heterocycles. The van der Waals surface area contributed by atoms with Crippen molar-refractivity contribution in [3.05, 3.63) is 29.8 Å². The van der Waals surface area contributed by atoms with Crippen LogP contribution in [0.1, 0.15) is 12.5 Å². The summed E-state index contributed by atoms with van der Waals surface area (Å²) in [5.74, 6) is 0. The minimum absolute atomic E-state index is 0.154. The lowest BCUT2D eigenvalue weighted by Crippen LogP contribution is -2.38. The summed E-state index contributed by atoms with van der Waals surface area (Å²) in [4.78, 5) is 11.2. The fourth-order valence-electron chi connectivity index (χ4n) is 1.71. The smallest absolute Gasteiger partial charge is 0.407 e. The molecule has 0 heterocycles. The highest BCUT2D eigenvalue weighted by Crippen LogP contribution is 2.18. The predicted octanol–water partition coefficient (Wildman–Crippen LogP) is 1.51. The number of benzene rings is 1. The number of anilines is 1. The van der Waals surface area contributed by atoms with Crippen molar-refractivity contribution in [1.29, 1.82) is 0 Å². The second-order valence-corrected chi connectivity index (χ2v) is 6.23. The molecule has 0 fully saturated rings. The molecule has 1 aromatic rings. The van der Waals surface area contributed by atoms with E-state index in [0.717, 1.165) is 11.8 Å². The second kappa shape index (κ2) is 7.14. The van der Waals surface area contributed by atoms with Crippen LogP contribution in [0.3, 0.4) is 0 Å². The van der Waals surface area contributed by atoms with Crippen molar-refractivity contribution in [2.24, 2.45) is 0 Å². The highest BCUT2D eigenvalue weighted by atomic mass is 32.2. The van der Waals surface area contributed by atoms with Crippen molar-refractivity contribution < 1.29 is 17.9 Å². The largest absolute Gasteiger partial charge is 0.450 e. The van der Waals surface area contributed by atoms with Gasteiger partial charge in [-0.3, -0.25) is 4.31 Å². The summed E-state index contributed by atoms with van der Waals surface area (Å²) in [6.07, 6.45) is 0.588. The second-order valence-electron chi connectivity index (χ2n) is 4.32. The minimum atomic E-state index is -3.40. The number of amides is 1. The van der Waals surface area contributed by atoms with Gasteiger partial charge >= 0.3 is 6.09 Å². The first-order valence-corrected chi connectivity index (χ1v) is 8.14. The number of sulfonamides is 1. The molecule has 20 heavy (non-hydrogen) atoms. The molecule has 0 unspecified atom stereocenters. The molecule has 7 heteroatoms. The van der Waals surface area contributed by atoms with Gasteiger partial charge in [-0.25, -0.2) is 13.2 Å². The zero-order chi connectivity index (χ0) is 15.2. The van der Waals surface area contributed by atoms with Crippen LogP contribution < -0.4 is 9.62 Å². The summed E-state index contributed by atoms with van der Waals surface area (Å²) in [5.41, 5.74) is 1.55. The van der Waals surface area contributed by atoms with Gasteiger partial charge in [0.2, 0.25) is 10.0 Å². The van der Waals surface area contributed by atoms with Crippen molar-refractivity contribution in [3.63, 3.8) is 0 Å². The maximum atomic E-state index is 11.8. The van der Waals surface area contributed by atoms with E-state index in [1.807, 2.05) is 13.0 Å². The Morgan fingerprint density at radius 2 is 2.10 bits per heavy atom. The maximum Gasteiger partial charge on any atom is 0.407 e. The third-order valence-electron chi connectivity index (χ3n) is 2.55. The Bertz CT molecular complexity index is 557. The van der Waals surface area contributed by atoms with Gasteiger partial charge in [0, 0.05) is 6.54 Å². The van der Waals surface area contributed by atoms with Crippen molar-refractivity contribution >= 4 is 21.8 Å². The molecule has 0 bridgehead atoms. The molecule has 1 amide bonds. The number of aryl methyl sites for hydroxylation is 1. The van der Waals surface area contributed by atoms with Crippen LogP contribution >= 0.6 is 0 Å². The molecular formula is C13H20N2O4S. The molecule has 0 aliphatic rings. The summed E-state index contributed by atoms with van der Waals surface area (Å²) in [5, 5.41) is 2.50. The highest BCUT2D eigenvalue weighted by Gasteiger charge is 2.17. The van der Waals surface area contributed by atoms with Crippen LogP contribution in [0.5, 0.6) is 0 Å². The SMILES string of the molecule is CCOC(=O)NCCN(c1cccc(C)c1)S(C)(=O)=O. The number of nitrogens with zero attached hydrogens (tertiary/aromatic N) is 1. The van der Waals surface area contributed by atoms with Gasteiger partial charge < -0.3 is 10.1 Å². The van der Waals surface area contributed by atoms with E-state index in [4.69, 9.17) is 4.74 Å². The molecule has 0 radical (unpaired) electrons. The molecule has 1 N–H and O–H groups in total. The van der Waals surface area contributed by atoms with E-state index in [9.17, 15) is 13.2 Å². The first-order chi connectivity index (χ1) is 9.34. The quantitative estimate of drug-likeness (QED) is 0.864. The number of rotatable bonds is 6. The molecular weight excluding hydrogens is 280 g/mol. The van der Waals surface area contributed by atoms with Crippen LogP contribution in [0.25, 0.3) is 0 Å². The van der Waals surface area contributed by atoms with Gasteiger partial charge in [0.25, 0.3) is 0 Å². The van der Waals surface area contributed by atoms with E-state index in [2.05, 4.69) is 5.32 Å². The molecule has 6 nitrogen and oxygen atoms in total. The monoisotopic (exact) mass is 300 g/mol. The molecule has 0 spiro atoms. The van der Waals surface area contributed by atoms with Crippen molar-refractivity contribution in [2.45, 2.75) is 13.8 Å². The van der Waals surface area contributed by atoms with Gasteiger partial charge in [-0.15, -0.1) is 0 Å². The summed E-state index contributed by atoms with van der Waals surface area (Å²) in [6, 6.07) is 7.19. The molecule has 0 atom stereocenters. The van der Waals surface area contributed by atoms with Gasteiger partial charge in [0.05, 0.1) is 25.1 Å². The van der Waals surface area contributed by atoms with Gasteiger partial charge in [-0.1, -0.05) is 12.1 Å². The van der Waals surface area contributed by atoms with Crippen LogP contribution in [-0.2, 0) is 14.8 Å². The molecule has 1 rings (SSSR count). The molecule has 0 aliphatic carbocycles. The Morgan fingerprint density at radius 1 is 1.40 bits per heavy atom. The van der Waals surface area contributed by atoms with Gasteiger partial charge in [0.1, 0.15) is 0 Å². The Morgan fingerprint density at radius 3 is 2.65 bits per heavy atom. The number of hydrogen-bond acceptors (Lipinski definition) is 4. The molecule has 112 valence electrons. The lowest BCUT2D eigenvalue weighted by molar-refractivity contribution is 0.152. The summed E-state index contributed by atoms with van der Waals surface area (Å²) in [7, 11) is -3.40. The first-order valence-electron chi connectivity index (χ1n) is 6.29. The van der Waals surface area contributed by atoms with Crippen LogP contribution in [0.15, 0.2) is 24.3 Å². The minimum Gasteiger partial charge on any atom is -0.450 e. The third-order valence-corrected chi connectivity index (χ3v) is 3.74. The van der Waals surface area contributed by atoms with Gasteiger partial charge in [-0.05, 0) is 31.5 Å². The van der Waals surface area contributed by atoms with E-state index in [1.54, 1.807) is 25.1 Å². The number of hydrogen-bond donors (Lipinski definition) is 1. The molecule has 0 aliphatic heterocycles. The molecule has 0 saturated heterocycles. The number of nitrogens with one attached hydrogen (secondary N) is 1. The Labute approximate surface area is 119 Å². The van der Waals surface area contributed by atoms with Gasteiger partial charge in [0.15, 0.2) is 0 Å². The van der Waals surface area contributed by atoms with E-state index in [-0.39, 0.29) is 19.7 Å². The van der Waals surface area contributed by atoms with Crippen LogP contribution in [-0.4, -0.2) is 40.5 Å². The van der Waals surface area contributed by atoms with Crippen molar-refractivity contribution in [3.8, 4) is 0 Å². The summed E-state index contributed by atoms with van der Waals surface area (Å²) >= 11 is 0. The standard InChI is InChI=1S/C13H20N2O4S/c1-4-19-13(16)14-8-9-15(20(3,17)18)12-7-5-6-11(2)10-12/h5-7,10H,4,8-9H2,1-3H3,(H,14,16). The zero-order valence-corrected chi connectivity index (χ0v) is 12.7. The lowest BCUT2D eigenvalue weighted by atomic mass is 10.2. The predicted molar refractivity (Wildman–Crippen MR) is 78.4 cm³/mol. The summed E-state index contributed by atoms with van der Waals surface area (Å²) in [6.45, 7) is 4.20. The fraction of sp³-hybridized carbons (Fsp3) is 0.462. The van der Waals surface area contributed by atoms with Gasteiger partial charge in [-0.2, -0.15) is 0 Å². The molecule has 1 aromatic carbocycles. The van der Waals surface area contributed by atoms with E-state index < -0.39 is 16.1 Å². The fourth-order valence-corrected chi connectivity index (χ4v) is 2.63. The highest BCUT2D eigenvalue weighted by molar-refractivity contribution is 7.92. The Hall–Kier alpha value is -1.76. The average molecular weight is 300 g/mol. The average Bonchev–Trinajstić information content (AvgIpc) is 2.33. The first kappa shape index (κ1) is 16.3. The van der Waals surface area contributed by atoms with E-state index >= 15 is 0 Å². The zero-order valence-electron chi connectivity index (χ0n) is 11.9. The number of carbonyl (C=O) groups excluding carboxylic acids is 1. The maximum absolute atomic E-state index is 11.8. The van der Waals surface area contributed by atoms with Crippen LogP contribution in [0, 0.1) is 6.92 Å². The molecule has 0 saturated carbocycles.